The van der Waals surface area contributed by atoms with Crippen molar-refractivity contribution in [3.63, 3.8) is 0 Å². The van der Waals surface area contributed by atoms with Crippen LogP contribution in [-0.4, -0.2) is 34.3 Å². The summed E-state index contributed by atoms with van der Waals surface area (Å²) in [5, 5.41) is 0. The van der Waals surface area contributed by atoms with Gasteiger partial charge in [0, 0.05) is 47.4 Å². The lowest BCUT2D eigenvalue weighted by Gasteiger charge is -2.33. The summed E-state index contributed by atoms with van der Waals surface area (Å²) in [6.45, 7) is 0. The molecule has 30 heavy (non-hydrogen) atoms. The largest absolute Gasteiger partial charge is 0.299 e. The molecule has 6 rings (SSSR count). The normalized spacial score (nSPS) is 28.9. The second kappa shape index (κ2) is 7.59. The van der Waals surface area contributed by atoms with Gasteiger partial charge in [-0.05, 0) is 36.1 Å². The molecular formula is C24H24N2O2P2. The predicted octanol–water partition coefficient (Wildman–Crippen LogP) is 4.93. The number of carbonyl (C=O) groups excluding carboxylic acids is 2. The van der Waals surface area contributed by atoms with Gasteiger partial charge in [-0.1, -0.05) is 36.4 Å². The van der Waals surface area contributed by atoms with E-state index in [1.54, 1.807) is 0 Å². The van der Waals surface area contributed by atoms with E-state index in [9.17, 15) is 9.59 Å². The first-order valence-electron chi connectivity index (χ1n) is 10.3. The van der Waals surface area contributed by atoms with Gasteiger partial charge in [0.2, 0.25) is 0 Å². The van der Waals surface area contributed by atoms with Crippen molar-refractivity contribution in [2.75, 3.05) is 0 Å². The van der Waals surface area contributed by atoms with Crippen LogP contribution in [0.1, 0.15) is 48.6 Å². The fourth-order valence-electron chi connectivity index (χ4n) is 5.35. The number of aliphatic imine (C=N–C) groups is 2. The zero-order valence-corrected chi connectivity index (χ0v) is 19.1. The summed E-state index contributed by atoms with van der Waals surface area (Å²) in [5.41, 5.74) is 6.53. The minimum absolute atomic E-state index is 0. The number of rotatable bonds is 2. The number of hydrogen-bond donors (Lipinski definition) is 0. The maximum absolute atomic E-state index is 12.9. The quantitative estimate of drug-likeness (QED) is 0.630. The van der Waals surface area contributed by atoms with Crippen LogP contribution in [0.25, 0.3) is 0 Å². The van der Waals surface area contributed by atoms with Crippen molar-refractivity contribution in [2.45, 2.75) is 48.8 Å². The highest BCUT2D eigenvalue weighted by Crippen LogP contribution is 2.50. The molecule has 2 aromatic carbocycles. The molecule has 0 aromatic heterocycles. The van der Waals surface area contributed by atoms with Gasteiger partial charge in [0.1, 0.15) is 11.6 Å². The Labute approximate surface area is 181 Å². The van der Waals surface area contributed by atoms with Crippen molar-refractivity contribution in [3.8, 4) is 0 Å². The maximum Gasteiger partial charge on any atom is 0.145 e. The monoisotopic (exact) mass is 434 g/mol. The van der Waals surface area contributed by atoms with Crippen molar-refractivity contribution in [1.82, 2.24) is 0 Å². The Morgan fingerprint density at radius 2 is 1.13 bits per heavy atom. The summed E-state index contributed by atoms with van der Waals surface area (Å²) >= 11 is 0. The summed E-state index contributed by atoms with van der Waals surface area (Å²) in [4.78, 5) is 35.2. The van der Waals surface area contributed by atoms with Gasteiger partial charge in [0.05, 0.1) is 11.4 Å². The molecule has 0 spiro atoms. The molecule has 2 aliphatic heterocycles. The van der Waals surface area contributed by atoms with Crippen molar-refractivity contribution in [3.05, 3.63) is 59.7 Å². The average Bonchev–Trinajstić information content (AvgIpc) is 3.25. The van der Waals surface area contributed by atoms with E-state index in [1.807, 2.05) is 36.4 Å². The molecule has 2 heterocycles. The first kappa shape index (κ1) is 19.9. The maximum atomic E-state index is 12.9. The van der Waals surface area contributed by atoms with Crippen LogP contribution in [0.15, 0.2) is 58.5 Å². The average molecular weight is 434 g/mol. The third-order valence-corrected chi connectivity index (χ3v) is 8.71. The minimum Gasteiger partial charge on any atom is -0.299 e. The van der Waals surface area contributed by atoms with Crippen LogP contribution < -0.4 is 0 Å². The van der Waals surface area contributed by atoms with Crippen LogP contribution in [0, 0.1) is 0 Å². The number of nitrogens with zero attached hydrogens (tertiary/aromatic N) is 2. The van der Waals surface area contributed by atoms with E-state index in [4.69, 9.17) is 9.98 Å². The molecule has 6 heteroatoms. The highest BCUT2D eigenvalue weighted by molar-refractivity contribution is 7.42. The van der Waals surface area contributed by atoms with Crippen LogP contribution in [-0.2, 0) is 9.59 Å². The highest BCUT2D eigenvalue weighted by Gasteiger charge is 2.43. The summed E-state index contributed by atoms with van der Waals surface area (Å²) in [7, 11) is 0.370. The Morgan fingerprint density at radius 1 is 0.700 bits per heavy atom. The zero-order chi connectivity index (χ0) is 19.5. The fourth-order valence-corrected chi connectivity index (χ4v) is 7.15. The van der Waals surface area contributed by atoms with Gasteiger partial charge in [-0.15, -0.1) is 8.58 Å². The van der Waals surface area contributed by atoms with Crippen molar-refractivity contribution >= 4 is 52.8 Å². The summed E-state index contributed by atoms with van der Waals surface area (Å²) in [6, 6.07) is 16.4. The van der Waals surface area contributed by atoms with E-state index in [1.165, 1.54) is 11.1 Å². The Hall–Kier alpha value is -2.02. The molecule has 2 fully saturated rings. The number of para-hydroxylation sites is 2. The molecule has 0 N–H and O–H groups in total. The summed E-state index contributed by atoms with van der Waals surface area (Å²) in [5.74, 6) is 1.05. The number of fused-ring (bicyclic) bond motifs is 6. The number of carbonyl (C=O) groups is 2. The molecule has 5 atom stereocenters. The standard InChI is InChI=1S/C24H21N2O2P.H3P/c27-21-11-19-15(13-5-1-3-7-17(13)25-19)9-23(21)29-24-10-16-14-6-2-4-8-18(14)26-20(16)12-22(24)28;/h1-8,15-16,23-24,29H,9-12H2;1H3. The molecule has 4 aliphatic rings. The molecule has 152 valence electrons. The fraction of sp³-hybridized carbons (Fsp3) is 0.333. The molecular weight excluding hydrogens is 410 g/mol. The van der Waals surface area contributed by atoms with Crippen LogP contribution in [0.4, 0.5) is 11.4 Å². The number of benzene rings is 2. The van der Waals surface area contributed by atoms with Gasteiger partial charge in [-0.25, -0.2) is 0 Å². The van der Waals surface area contributed by atoms with Gasteiger partial charge < -0.3 is 0 Å². The minimum atomic E-state index is -0.0193. The Kier molecular flexibility index (Phi) is 5.04. The molecule has 5 unspecified atom stereocenters. The lowest BCUT2D eigenvalue weighted by atomic mass is 9.82. The third-order valence-electron chi connectivity index (χ3n) is 6.79. The van der Waals surface area contributed by atoms with Gasteiger partial charge in [0.15, 0.2) is 0 Å². The first-order valence-corrected chi connectivity index (χ1v) is 11.5. The number of ketones is 2. The van der Waals surface area contributed by atoms with Gasteiger partial charge >= 0.3 is 0 Å². The number of hydrogen-bond acceptors (Lipinski definition) is 4. The van der Waals surface area contributed by atoms with Gasteiger partial charge in [-0.3, -0.25) is 19.6 Å². The molecule has 0 bridgehead atoms. The van der Waals surface area contributed by atoms with Gasteiger partial charge in [-0.2, -0.15) is 9.90 Å². The molecule has 2 saturated carbocycles. The lowest BCUT2D eigenvalue weighted by molar-refractivity contribution is -0.118. The molecule has 2 aliphatic carbocycles. The van der Waals surface area contributed by atoms with Gasteiger partial charge in [0.25, 0.3) is 0 Å². The van der Waals surface area contributed by atoms with E-state index in [0.717, 1.165) is 35.6 Å². The Bertz CT molecular complexity index is 1040. The first-order chi connectivity index (χ1) is 14.2. The van der Waals surface area contributed by atoms with E-state index in [-0.39, 0.29) is 44.6 Å². The SMILES string of the molecule is O=C1CC2=Nc3ccccc3C2CC1PC1CC2C(=Nc3ccccc32)CC1=O.P. The lowest BCUT2D eigenvalue weighted by Crippen LogP contribution is -2.36. The van der Waals surface area contributed by atoms with Crippen molar-refractivity contribution in [1.29, 1.82) is 0 Å². The van der Waals surface area contributed by atoms with Crippen LogP contribution in [0.2, 0.25) is 0 Å². The van der Waals surface area contributed by atoms with E-state index < -0.39 is 0 Å². The smallest absolute Gasteiger partial charge is 0.145 e. The second-order valence-electron chi connectivity index (χ2n) is 8.46. The van der Waals surface area contributed by atoms with Crippen LogP contribution in [0.5, 0.6) is 0 Å². The summed E-state index contributed by atoms with van der Waals surface area (Å²) in [6.07, 6.45) is 2.49. The molecule has 0 saturated heterocycles. The second-order valence-corrected chi connectivity index (χ2v) is 10.2. The third kappa shape index (κ3) is 3.13. The zero-order valence-electron chi connectivity index (χ0n) is 16.7. The van der Waals surface area contributed by atoms with E-state index >= 15 is 0 Å². The Morgan fingerprint density at radius 3 is 1.60 bits per heavy atom. The summed E-state index contributed by atoms with van der Waals surface area (Å²) < 4.78 is 0. The number of Topliss-reactive ketones (excluding diaryl/α,β-unsaturated/α-hetero) is 2. The molecule has 0 radical (unpaired) electrons. The Balaban J connectivity index is 0.00000193. The highest BCUT2D eigenvalue weighted by atomic mass is 31.1. The predicted molar refractivity (Wildman–Crippen MR) is 128 cm³/mol. The van der Waals surface area contributed by atoms with Crippen LogP contribution >= 0.6 is 18.5 Å². The molecule has 0 amide bonds. The molecule has 2 aromatic rings. The van der Waals surface area contributed by atoms with Crippen molar-refractivity contribution < 1.29 is 9.59 Å². The van der Waals surface area contributed by atoms with E-state index in [0.29, 0.717) is 21.4 Å². The van der Waals surface area contributed by atoms with Crippen LogP contribution in [0.3, 0.4) is 0 Å². The van der Waals surface area contributed by atoms with E-state index in [2.05, 4.69) is 12.1 Å². The molecule has 4 nitrogen and oxygen atoms in total. The van der Waals surface area contributed by atoms with Crippen molar-refractivity contribution in [2.24, 2.45) is 9.98 Å². The topological polar surface area (TPSA) is 58.9 Å².